The number of amides is 1. The van der Waals surface area contributed by atoms with Gasteiger partial charge in [0.25, 0.3) is 0 Å². The van der Waals surface area contributed by atoms with E-state index < -0.39 is 0 Å². The summed E-state index contributed by atoms with van der Waals surface area (Å²) in [5, 5.41) is 8.85. The first-order valence-corrected chi connectivity index (χ1v) is 8.94. The molecule has 0 unspecified atom stereocenters. The molecule has 1 aromatic rings. The Morgan fingerprint density at radius 3 is 2.75 bits per heavy atom. The number of likely N-dealkylation sites (tertiary alicyclic amines) is 1. The molecule has 0 radical (unpaired) electrons. The first-order chi connectivity index (χ1) is 11.5. The summed E-state index contributed by atoms with van der Waals surface area (Å²) in [6, 6.07) is 0. The van der Waals surface area contributed by atoms with Crippen LogP contribution in [-0.2, 0) is 9.63 Å². The van der Waals surface area contributed by atoms with Gasteiger partial charge >= 0.3 is 0 Å². The van der Waals surface area contributed by atoms with E-state index in [4.69, 9.17) is 9.82 Å². The summed E-state index contributed by atoms with van der Waals surface area (Å²) in [4.78, 5) is 24.0. The van der Waals surface area contributed by atoms with Crippen LogP contribution in [0.25, 0.3) is 0 Å². The zero-order chi connectivity index (χ0) is 17.3. The van der Waals surface area contributed by atoms with Crippen molar-refractivity contribution in [3.8, 4) is 0 Å². The van der Waals surface area contributed by atoms with Gasteiger partial charge in [0.2, 0.25) is 5.91 Å². The molecule has 7 nitrogen and oxygen atoms in total. The molecule has 1 saturated carbocycles. The highest BCUT2D eigenvalue weighted by Crippen LogP contribution is 2.47. The average Bonchev–Trinajstić information content (AvgIpc) is 3.13. The molecule has 1 amide bonds. The lowest BCUT2D eigenvalue weighted by Crippen LogP contribution is -2.31. The number of hydrogen-bond donors (Lipinski definition) is 1. The maximum absolute atomic E-state index is 11.9. The Balaban J connectivity index is 1.62. The predicted octanol–water partition coefficient (Wildman–Crippen LogP) is 1.76. The van der Waals surface area contributed by atoms with Gasteiger partial charge in [-0.2, -0.15) is 5.10 Å². The van der Waals surface area contributed by atoms with Crippen molar-refractivity contribution in [1.29, 1.82) is 0 Å². The fourth-order valence-corrected chi connectivity index (χ4v) is 3.61. The molecule has 0 spiro atoms. The van der Waals surface area contributed by atoms with Crippen LogP contribution in [0, 0.1) is 11.8 Å². The first kappa shape index (κ1) is 17.4. The van der Waals surface area contributed by atoms with Crippen LogP contribution in [0.3, 0.4) is 0 Å². The fourth-order valence-electron chi connectivity index (χ4n) is 3.61. The third-order valence-electron chi connectivity index (χ3n) is 5.32. The van der Waals surface area contributed by atoms with Crippen LogP contribution in [0.2, 0.25) is 0 Å². The summed E-state index contributed by atoms with van der Waals surface area (Å²) in [6.45, 7) is 7.01. The smallest absolute Gasteiger partial charge is 0.247 e. The molecule has 24 heavy (non-hydrogen) atoms. The number of rotatable bonds is 7. The molecule has 3 rings (SSSR count). The van der Waals surface area contributed by atoms with Crippen LogP contribution in [0.4, 0.5) is 0 Å². The highest BCUT2D eigenvalue weighted by atomic mass is 16.7. The molecule has 2 fully saturated rings. The molecule has 1 aromatic heterocycles. The van der Waals surface area contributed by atoms with Gasteiger partial charge < -0.3 is 4.90 Å². The van der Waals surface area contributed by atoms with Crippen LogP contribution in [0.5, 0.6) is 0 Å². The number of aromatic nitrogens is 3. The van der Waals surface area contributed by atoms with E-state index in [1.165, 1.54) is 25.0 Å². The molecule has 2 heterocycles. The van der Waals surface area contributed by atoms with Crippen LogP contribution >= 0.6 is 0 Å². The summed E-state index contributed by atoms with van der Waals surface area (Å²) in [6.07, 6.45) is 3.14. The van der Waals surface area contributed by atoms with Crippen molar-refractivity contribution in [3.63, 3.8) is 0 Å². The number of carbonyl (C=O) groups is 1. The van der Waals surface area contributed by atoms with E-state index in [0.717, 1.165) is 37.2 Å². The predicted molar refractivity (Wildman–Crippen MR) is 90.3 cm³/mol. The molecule has 134 valence electrons. The minimum absolute atomic E-state index is 0.0191. The maximum Gasteiger partial charge on any atom is 0.247 e. The molecule has 1 aliphatic heterocycles. The van der Waals surface area contributed by atoms with Gasteiger partial charge in [-0.3, -0.25) is 14.7 Å². The maximum atomic E-state index is 11.9. The SMILES string of the molecule is CON(C)C(=O)CCN1C[C@H](c2nc(C(C)C)n[nH]2)[C@@H](C2CC2)C1. The van der Waals surface area contributed by atoms with Crippen molar-refractivity contribution in [2.45, 2.75) is 44.9 Å². The Labute approximate surface area is 143 Å². The molecule has 7 heteroatoms. The number of H-pyrrole nitrogens is 1. The lowest BCUT2D eigenvalue weighted by atomic mass is 9.91. The minimum atomic E-state index is 0.0191. The Hall–Kier alpha value is -1.47. The summed E-state index contributed by atoms with van der Waals surface area (Å²) in [7, 11) is 3.17. The van der Waals surface area contributed by atoms with Gasteiger partial charge in [-0.05, 0) is 24.7 Å². The normalized spacial score (nSPS) is 24.7. The summed E-state index contributed by atoms with van der Waals surface area (Å²) < 4.78 is 0. The highest BCUT2D eigenvalue weighted by molar-refractivity contribution is 5.74. The first-order valence-electron chi connectivity index (χ1n) is 8.94. The van der Waals surface area contributed by atoms with Gasteiger partial charge in [0, 0.05) is 44.9 Å². The number of aromatic amines is 1. The fraction of sp³-hybridized carbons (Fsp3) is 0.824. The third-order valence-corrected chi connectivity index (χ3v) is 5.32. The van der Waals surface area contributed by atoms with E-state index in [9.17, 15) is 4.79 Å². The zero-order valence-corrected chi connectivity index (χ0v) is 15.2. The molecular weight excluding hydrogens is 306 g/mol. The molecule has 1 saturated heterocycles. The van der Waals surface area contributed by atoms with Crippen LogP contribution in [-0.4, -0.2) is 64.8 Å². The number of nitrogens with one attached hydrogen (secondary N) is 1. The van der Waals surface area contributed by atoms with Crippen molar-refractivity contribution in [3.05, 3.63) is 11.6 Å². The quantitative estimate of drug-likeness (QED) is 0.769. The Morgan fingerprint density at radius 2 is 2.17 bits per heavy atom. The monoisotopic (exact) mass is 335 g/mol. The number of hydrogen-bond acceptors (Lipinski definition) is 5. The lowest BCUT2D eigenvalue weighted by Gasteiger charge is -2.18. The molecule has 0 aromatic carbocycles. The van der Waals surface area contributed by atoms with Gasteiger partial charge in [-0.15, -0.1) is 0 Å². The van der Waals surface area contributed by atoms with E-state index in [1.54, 1.807) is 7.05 Å². The summed E-state index contributed by atoms with van der Waals surface area (Å²) >= 11 is 0. The molecule has 0 bridgehead atoms. The molecular formula is C17H29N5O2. The molecule has 2 atom stereocenters. The van der Waals surface area contributed by atoms with E-state index in [1.807, 2.05) is 0 Å². The van der Waals surface area contributed by atoms with Gasteiger partial charge in [0.1, 0.15) is 5.82 Å². The molecule has 1 aliphatic carbocycles. The second kappa shape index (κ2) is 7.19. The second-order valence-electron chi connectivity index (χ2n) is 7.42. The Bertz CT molecular complexity index is 569. The van der Waals surface area contributed by atoms with Crippen molar-refractivity contribution in [2.24, 2.45) is 11.8 Å². The van der Waals surface area contributed by atoms with E-state index in [2.05, 4.69) is 28.9 Å². The third kappa shape index (κ3) is 3.78. The number of hydroxylamine groups is 2. The van der Waals surface area contributed by atoms with Crippen LogP contribution < -0.4 is 0 Å². The van der Waals surface area contributed by atoms with Gasteiger partial charge in [0.05, 0.1) is 7.11 Å². The van der Waals surface area contributed by atoms with Crippen molar-refractivity contribution < 1.29 is 9.63 Å². The Morgan fingerprint density at radius 1 is 1.42 bits per heavy atom. The average molecular weight is 335 g/mol. The second-order valence-corrected chi connectivity index (χ2v) is 7.42. The van der Waals surface area contributed by atoms with Gasteiger partial charge in [-0.1, -0.05) is 13.8 Å². The summed E-state index contributed by atoms with van der Waals surface area (Å²) in [5.74, 6) is 4.14. The summed E-state index contributed by atoms with van der Waals surface area (Å²) in [5.41, 5.74) is 0. The minimum Gasteiger partial charge on any atom is -0.302 e. The van der Waals surface area contributed by atoms with Crippen LogP contribution in [0.1, 0.15) is 56.6 Å². The standard InChI is InChI=1S/C17H29N5O2/c1-11(2)16-18-17(20-19-16)14-10-22(9-13(14)12-5-6-12)8-7-15(23)21(3)24-4/h11-14H,5-10H2,1-4H3,(H,18,19,20)/t13-,14+/m1/s1. The van der Waals surface area contributed by atoms with Gasteiger partial charge in [-0.25, -0.2) is 10.0 Å². The van der Waals surface area contributed by atoms with E-state index in [-0.39, 0.29) is 5.91 Å². The zero-order valence-electron chi connectivity index (χ0n) is 15.2. The van der Waals surface area contributed by atoms with Crippen LogP contribution in [0.15, 0.2) is 0 Å². The molecule has 1 N–H and O–H groups in total. The Kier molecular flexibility index (Phi) is 5.20. The van der Waals surface area contributed by atoms with Crippen molar-refractivity contribution in [2.75, 3.05) is 33.8 Å². The van der Waals surface area contributed by atoms with Crippen molar-refractivity contribution >= 4 is 5.91 Å². The van der Waals surface area contributed by atoms with E-state index in [0.29, 0.717) is 24.2 Å². The molecule has 2 aliphatic rings. The van der Waals surface area contributed by atoms with Crippen molar-refractivity contribution in [1.82, 2.24) is 25.1 Å². The highest BCUT2D eigenvalue weighted by Gasteiger charge is 2.44. The van der Waals surface area contributed by atoms with Gasteiger partial charge in [0.15, 0.2) is 5.82 Å². The van der Waals surface area contributed by atoms with E-state index >= 15 is 0 Å². The topological polar surface area (TPSA) is 74.3 Å². The lowest BCUT2D eigenvalue weighted by molar-refractivity contribution is -0.168. The largest absolute Gasteiger partial charge is 0.302 e. The number of nitrogens with zero attached hydrogens (tertiary/aromatic N) is 4. The number of carbonyl (C=O) groups excluding carboxylic acids is 1.